The van der Waals surface area contributed by atoms with Crippen LogP contribution in [0.4, 0.5) is 9.18 Å². The van der Waals surface area contributed by atoms with Crippen molar-refractivity contribution < 1.29 is 13.9 Å². The van der Waals surface area contributed by atoms with E-state index in [2.05, 4.69) is 21.0 Å². The zero-order valence-corrected chi connectivity index (χ0v) is 16.9. The van der Waals surface area contributed by atoms with E-state index < -0.39 is 11.5 Å². The lowest BCUT2D eigenvalue weighted by Crippen LogP contribution is -2.41. The van der Waals surface area contributed by atoms with Gasteiger partial charge in [0.1, 0.15) is 11.2 Å². The first kappa shape index (κ1) is 19.4. The van der Waals surface area contributed by atoms with Crippen molar-refractivity contribution in [1.29, 1.82) is 0 Å². The SMILES string of the molecule is CC(C)(C)OC(=O)N1CCC(c2cc3c(-c4cccc(F)n4)ccnc3[nH]2)CC1. The van der Waals surface area contributed by atoms with E-state index in [9.17, 15) is 9.18 Å². The molecule has 6 nitrogen and oxygen atoms in total. The Morgan fingerprint density at radius 2 is 2.00 bits per heavy atom. The zero-order chi connectivity index (χ0) is 20.6. The van der Waals surface area contributed by atoms with Gasteiger partial charge in [0.2, 0.25) is 5.95 Å². The molecule has 0 atom stereocenters. The number of halogens is 1. The van der Waals surface area contributed by atoms with Gasteiger partial charge in [0, 0.05) is 41.8 Å². The van der Waals surface area contributed by atoms with E-state index in [4.69, 9.17) is 4.74 Å². The van der Waals surface area contributed by atoms with Gasteiger partial charge in [-0.05, 0) is 57.9 Å². The predicted molar refractivity (Wildman–Crippen MR) is 109 cm³/mol. The minimum absolute atomic E-state index is 0.256. The van der Waals surface area contributed by atoms with Crippen molar-refractivity contribution in [2.45, 2.75) is 45.1 Å². The average Bonchev–Trinajstić information content (AvgIpc) is 3.11. The number of nitrogens with one attached hydrogen (secondary N) is 1. The van der Waals surface area contributed by atoms with Crippen LogP contribution in [-0.4, -0.2) is 44.6 Å². The Balaban J connectivity index is 1.53. The molecule has 0 saturated carbocycles. The van der Waals surface area contributed by atoms with Crippen LogP contribution in [0.15, 0.2) is 36.5 Å². The van der Waals surface area contributed by atoms with Crippen molar-refractivity contribution in [2.24, 2.45) is 0 Å². The van der Waals surface area contributed by atoms with E-state index in [0.717, 1.165) is 35.1 Å². The molecule has 1 N–H and O–H groups in total. The molecular formula is C22H25FN4O2. The molecule has 1 fully saturated rings. The Labute approximate surface area is 169 Å². The highest BCUT2D eigenvalue weighted by Gasteiger charge is 2.28. The Morgan fingerprint density at radius 1 is 1.24 bits per heavy atom. The van der Waals surface area contributed by atoms with Crippen LogP contribution in [0.5, 0.6) is 0 Å². The quantitative estimate of drug-likeness (QED) is 0.627. The van der Waals surface area contributed by atoms with Crippen molar-refractivity contribution in [3.63, 3.8) is 0 Å². The molecule has 1 saturated heterocycles. The molecule has 1 aliphatic heterocycles. The summed E-state index contributed by atoms with van der Waals surface area (Å²) in [5, 5.41) is 0.926. The number of pyridine rings is 2. The van der Waals surface area contributed by atoms with Crippen LogP contribution in [0.25, 0.3) is 22.3 Å². The number of fused-ring (bicyclic) bond motifs is 1. The normalized spacial score (nSPS) is 15.7. The second-order valence-electron chi connectivity index (χ2n) is 8.43. The lowest BCUT2D eigenvalue weighted by molar-refractivity contribution is 0.0204. The van der Waals surface area contributed by atoms with E-state index in [0.29, 0.717) is 24.7 Å². The highest BCUT2D eigenvalue weighted by atomic mass is 19.1. The molecule has 3 aromatic heterocycles. The van der Waals surface area contributed by atoms with E-state index in [1.54, 1.807) is 23.2 Å². The number of rotatable bonds is 2. The summed E-state index contributed by atoms with van der Waals surface area (Å²) in [7, 11) is 0. The molecule has 0 radical (unpaired) electrons. The molecule has 0 bridgehead atoms. The number of piperidine rings is 1. The number of H-pyrrole nitrogens is 1. The first-order chi connectivity index (χ1) is 13.8. The van der Waals surface area contributed by atoms with Crippen LogP contribution in [0.2, 0.25) is 0 Å². The van der Waals surface area contributed by atoms with Crippen molar-refractivity contribution in [2.75, 3.05) is 13.1 Å². The molecule has 4 rings (SSSR count). The molecule has 1 aliphatic rings. The number of aromatic amines is 1. The number of carbonyl (C=O) groups excluding carboxylic acids is 1. The van der Waals surface area contributed by atoms with Crippen molar-refractivity contribution in [3.05, 3.63) is 48.2 Å². The molecule has 7 heteroatoms. The van der Waals surface area contributed by atoms with Crippen LogP contribution in [-0.2, 0) is 4.74 Å². The summed E-state index contributed by atoms with van der Waals surface area (Å²) in [6, 6.07) is 8.72. The Bertz CT molecular complexity index is 1030. The minimum Gasteiger partial charge on any atom is -0.444 e. The van der Waals surface area contributed by atoms with Gasteiger partial charge < -0.3 is 14.6 Å². The summed E-state index contributed by atoms with van der Waals surface area (Å²) in [5.74, 6) is -0.200. The van der Waals surface area contributed by atoms with Crippen LogP contribution in [0.3, 0.4) is 0 Å². The molecule has 3 aromatic rings. The number of hydrogen-bond acceptors (Lipinski definition) is 4. The van der Waals surface area contributed by atoms with Gasteiger partial charge in [-0.25, -0.2) is 14.8 Å². The van der Waals surface area contributed by atoms with Gasteiger partial charge in [0.25, 0.3) is 0 Å². The molecule has 0 unspecified atom stereocenters. The van der Waals surface area contributed by atoms with Crippen LogP contribution in [0.1, 0.15) is 45.2 Å². The van der Waals surface area contributed by atoms with Gasteiger partial charge in [0.05, 0.1) is 5.69 Å². The summed E-state index contributed by atoms with van der Waals surface area (Å²) in [5.41, 5.74) is 2.79. The molecule has 0 spiro atoms. The minimum atomic E-state index is -0.502. The number of likely N-dealkylation sites (tertiary alicyclic amines) is 1. The molecule has 0 aliphatic carbocycles. The second kappa shape index (κ2) is 7.46. The lowest BCUT2D eigenvalue weighted by atomic mass is 9.93. The smallest absolute Gasteiger partial charge is 0.410 e. The molecule has 0 aromatic carbocycles. The topological polar surface area (TPSA) is 71.1 Å². The number of nitrogens with zero attached hydrogens (tertiary/aromatic N) is 3. The number of hydrogen-bond donors (Lipinski definition) is 1. The Morgan fingerprint density at radius 3 is 2.69 bits per heavy atom. The first-order valence-corrected chi connectivity index (χ1v) is 9.88. The van der Waals surface area contributed by atoms with Gasteiger partial charge in [-0.2, -0.15) is 4.39 Å². The Hall–Kier alpha value is -2.96. The summed E-state index contributed by atoms with van der Waals surface area (Å²) in [6.45, 7) is 6.93. The summed E-state index contributed by atoms with van der Waals surface area (Å²) in [4.78, 5) is 25.9. The van der Waals surface area contributed by atoms with E-state index >= 15 is 0 Å². The fourth-order valence-electron chi connectivity index (χ4n) is 3.75. The fourth-order valence-corrected chi connectivity index (χ4v) is 3.75. The predicted octanol–water partition coefficient (Wildman–Crippen LogP) is 4.88. The maximum absolute atomic E-state index is 13.6. The molecular weight excluding hydrogens is 371 g/mol. The number of ether oxygens (including phenoxy) is 1. The standard InChI is InChI=1S/C22H25FN4O2/c1-22(2,3)29-21(28)27-11-8-14(9-12-27)18-13-16-15(7-10-24-20(16)26-18)17-5-4-6-19(23)25-17/h4-7,10,13-14H,8-9,11-12H2,1-3H3,(H,24,26). The van der Waals surface area contributed by atoms with E-state index in [-0.39, 0.29) is 6.09 Å². The van der Waals surface area contributed by atoms with Crippen molar-refractivity contribution in [1.82, 2.24) is 19.9 Å². The van der Waals surface area contributed by atoms with Crippen molar-refractivity contribution >= 4 is 17.1 Å². The first-order valence-electron chi connectivity index (χ1n) is 9.88. The monoisotopic (exact) mass is 396 g/mol. The second-order valence-corrected chi connectivity index (χ2v) is 8.43. The van der Waals surface area contributed by atoms with Gasteiger partial charge in [-0.15, -0.1) is 0 Å². The average molecular weight is 396 g/mol. The summed E-state index contributed by atoms with van der Waals surface area (Å²) >= 11 is 0. The highest BCUT2D eigenvalue weighted by Crippen LogP contribution is 2.33. The van der Waals surface area contributed by atoms with Gasteiger partial charge in [-0.1, -0.05) is 6.07 Å². The van der Waals surface area contributed by atoms with Gasteiger partial charge in [-0.3, -0.25) is 0 Å². The third kappa shape index (κ3) is 4.23. The molecule has 29 heavy (non-hydrogen) atoms. The van der Waals surface area contributed by atoms with Crippen molar-refractivity contribution in [3.8, 4) is 11.3 Å². The van der Waals surface area contributed by atoms with Crippen LogP contribution < -0.4 is 0 Å². The van der Waals surface area contributed by atoms with Crippen LogP contribution >= 0.6 is 0 Å². The van der Waals surface area contributed by atoms with E-state index in [1.807, 2.05) is 26.8 Å². The van der Waals surface area contributed by atoms with Gasteiger partial charge in [0.15, 0.2) is 0 Å². The summed E-state index contributed by atoms with van der Waals surface area (Å²) in [6.07, 6.45) is 3.14. The zero-order valence-electron chi connectivity index (χ0n) is 16.9. The molecule has 1 amide bonds. The fraction of sp³-hybridized carbons (Fsp3) is 0.409. The van der Waals surface area contributed by atoms with E-state index in [1.165, 1.54) is 6.07 Å². The number of aromatic nitrogens is 3. The number of carbonyl (C=O) groups is 1. The third-order valence-electron chi connectivity index (χ3n) is 5.13. The molecule has 4 heterocycles. The van der Waals surface area contributed by atoms with Crippen LogP contribution in [0, 0.1) is 5.95 Å². The lowest BCUT2D eigenvalue weighted by Gasteiger charge is -2.33. The van der Waals surface area contributed by atoms with Gasteiger partial charge >= 0.3 is 6.09 Å². The summed E-state index contributed by atoms with van der Waals surface area (Å²) < 4.78 is 19.0. The largest absolute Gasteiger partial charge is 0.444 e. The molecule has 152 valence electrons. The third-order valence-corrected chi connectivity index (χ3v) is 5.13. The highest BCUT2D eigenvalue weighted by molar-refractivity contribution is 5.92. The number of amides is 1. The maximum atomic E-state index is 13.6. The Kier molecular flexibility index (Phi) is 4.98. The maximum Gasteiger partial charge on any atom is 0.410 e.